The number of rotatable bonds is 5. The van der Waals surface area contributed by atoms with Crippen molar-refractivity contribution >= 4 is 5.78 Å². The van der Waals surface area contributed by atoms with Gasteiger partial charge in [-0.05, 0) is 30.5 Å². The third-order valence-corrected chi connectivity index (χ3v) is 3.11. The highest BCUT2D eigenvalue weighted by atomic mass is 19.1. The number of carbonyl (C=O) groups excluding carboxylic acids is 1. The van der Waals surface area contributed by atoms with Crippen molar-refractivity contribution in [1.82, 2.24) is 10.1 Å². The van der Waals surface area contributed by atoms with Crippen LogP contribution in [-0.2, 0) is 11.2 Å². The first-order valence-electron chi connectivity index (χ1n) is 6.54. The van der Waals surface area contributed by atoms with Crippen LogP contribution in [0.2, 0.25) is 0 Å². The molecule has 106 valence electrons. The number of carbonyl (C=O) groups is 1. The van der Waals surface area contributed by atoms with Gasteiger partial charge in [-0.1, -0.05) is 31.1 Å². The van der Waals surface area contributed by atoms with E-state index in [9.17, 15) is 9.18 Å². The van der Waals surface area contributed by atoms with Crippen molar-refractivity contribution in [3.63, 3.8) is 0 Å². The lowest BCUT2D eigenvalue weighted by Gasteiger charge is -2.12. The van der Waals surface area contributed by atoms with Crippen LogP contribution >= 0.6 is 0 Å². The van der Waals surface area contributed by atoms with Crippen LogP contribution in [0.15, 0.2) is 28.8 Å². The second-order valence-electron chi connectivity index (χ2n) is 5.19. The number of hydrogen-bond acceptors (Lipinski definition) is 4. The molecule has 20 heavy (non-hydrogen) atoms. The molecule has 0 N–H and O–H groups in total. The molecule has 1 aromatic heterocycles. The van der Waals surface area contributed by atoms with Crippen LogP contribution in [0.25, 0.3) is 0 Å². The zero-order valence-corrected chi connectivity index (χ0v) is 11.8. The van der Waals surface area contributed by atoms with E-state index in [0.717, 1.165) is 5.56 Å². The van der Waals surface area contributed by atoms with Gasteiger partial charge in [0.2, 0.25) is 5.89 Å². The number of ketones is 1. The number of nitrogens with zero attached hydrogens (tertiary/aromatic N) is 2. The van der Waals surface area contributed by atoms with Crippen molar-refractivity contribution in [2.45, 2.75) is 33.1 Å². The quantitative estimate of drug-likeness (QED) is 0.842. The number of Topliss-reactive ketones (excluding diaryl/α,β-unsaturated/α-hetero) is 1. The fourth-order valence-corrected chi connectivity index (χ4v) is 2.22. The van der Waals surface area contributed by atoms with E-state index in [1.807, 2.05) is 13.8 Å². The normalized spacial score (nSPS) is 12.7. The van der Waals surface area contributed by atoms with E-state index in [1.54, 1.807) is 12.1 Å². The van der Waals surface area contributed by atoms with Gasteiger partial charge in [0.05, 0.1) is 5.92 Å². The minimum Gasteiger partial charge on any atom is -0.339 e. The van der Waals surface area contributed by atoms with E-state index in [4.69, 9.17) is 4.52 Å². The van der Waals surface area contributed by atoms with Crippen LogP contribution in [0, 0.1) is 11.7 Å². The number of halogens is 1. The summed E-state index contributed by atoms with van der Waals surface area (Å²) in [6, 6.07) is 6.25. The predicted octanol–water partition coefficient (Wildman–Crippen LogP) is 3.13. The third-order valence-electron chi connectivity index (χ3n) is 3.11. The molecule has 1 atom stereocenters. The summed E-state index contributed by atoms with van der Waals surface area (Å²) in [6.07, 6.45) is 0.379. The molecule has 0 fully saturated rings. The molecule has 0 saturated heterocycles. The topological polar surface area (TPSA) is 56.0 Å². The molecule has 0 amide bonds. The minimum absolute atomic E-state index is 0.000885. The maximum atomic E-state index is 13.1. The minimum atomic E-state index is -0.385. The standard InChI is InChI=1S/C15H17FN2O2/c1-9(2)14(10(3)19)15-17-13(18-20-15)8-11-5-4-6-12(16)7-11/h4-7,9,14H,8H2,1-3H3. The molecule has 2 rings (SSSR count). The molecule has 0 saturated carbocycles. The van der Waals surface area contributed by atoms with Gasteiger partial charge in [-0.3, -0.25) is 4.79 Å². The summed E-state index contributed by atoms with van der Waals surface area (Å²) in [5.74, 6) is 0.200. The van der Waals surface area contributed by atoms with Crippen molar-refractivity contribution in [3.05, 3.63) is 47.4 Å². The van der Waals surface area contributed by atoms with Gasteiger partial charge in [-0.25, -0.2) is 4.39 Å². The number of hydrogen-bond donors (Lipinski definition) is 0. The molecule has 4 nitrogen and oxygen atoms in total. The third kappa shape index (κ3) is 3.29. The molecule has 0 spiro atoms. The molecule has 2 aromatic rings. The van der Waals surface area contributed by atoms with E-state index in [-0.39, 0.29) is 23.4 Å². The zero-order chi connectivity index (χ0) is 14.7. The molecule has 1 aromatic carbocycles. The lowest BCUT2D eigenvalue weighted by Crippen LogP contribution is -2.15. The van der Waals surface area contributed by atoms with Crippen LogP contribution in [-0.4, -0.2) is 15.9 Å². The molecule has 0 radical (unpaired) electrons. The van der Waals surface area contributed by atoms with E-state index < -0.39 is 0 Å². The second kappa shape index (κ2) is 5.94. The van der Waals surface area contributed by atoms with Crippen molar-refractivity contribution < 1.29 is 13.7 Å². The first kappa shape index (κ1) is 14.4. The van der Waals surface area contributed by atoms with Gasteiger partial charge in [-0.2, -0.15) is 4.98 Å². The average Bonchev–Trinajstić information content (AvgIpc) is 2.76. The Morgan fingerprint density at radius 2 is 2.15 bits per heavy atom. The lowest BCUT2D eigenvalue weighted by atomic mass is 9.92. The van der Waals surface area contributed by atoms with Gasteiger partial charge in [0.1, 0.15) is 11.6 Å². The Labute approximate surface area is 117 Å². The Hall–Kier alpha value is -2.04. The van der Waals surface area contributed by atoms with Crippen LogP contribution in [0.4, 0.5) is 4.39 Å². The van der Waals surface area contributed by atoms with E-state index >= 15 is 0 Å². The maximum Gasteiger partial charge on any atom is 0.237 e. The monoisotopic (exact) mass is 276 g/mol. The SMILES string of the molecule is CC(=O)C(c1nc(Cc2cccc(F)c2)no1)C(C)C. The van der Waals surface area contributed by atoms with Gasteiger partial charge < -0.3 is 4.52 Å². The van der Waals surface area contributed by atoms with Gasteiger partial charge >= 0.3 is 0 Å². The van der Waals surface area contributed by atoms with E-state index in [1.165, 1.54) is 19.1 Å². The van der Waals surface area contributed by atoms with E-state index in [2.05, 4.69) is 10.1 Å². The van der Waals surface area contributed by atoms with Crippen molar-refractivity contribution in [2.24, 2.45) is 5.92 Å². The summed E-state index contributed by atoms with van der Waals surface area (Å²) in [4.78, 5) is 15.9. The summed E-state index contributed by atoms with van der Waals surface area (Å²) in [5.41, 5.74) is 0.765. The van der Waals surface area contributed by atoms with Gasteiger partial charge in [-0.15, -0.1) is 0 Å². The fraction of sp³-hybridized carbons (Fsp3) is 0.400. The average molecular weight is 276 g/mol. The summed E-state index contributed by atoms with van der Waals surface area (Å²) >= 11 is 0. The first-order valence-corrected chi connectivity index (χ1v) is 6.54. The number of aromatic nitrogens is 2. The Morgan fingerprint density at radius 1 is 1.40 bits per heavy atom. The highest BCUT2D eigenvalue weighted by Crippen LogP contribution is 2.24. The molecule has 1 heterocycles. The van der Waals surface area contributed by atoms with Crippen LogP contribution in [0.3, 0.4) is 0 Å². The molecular formula is C15H17FN2O2. The Morgan fingerprint density at radius 3 is 2.75 bits per heavy atom. The molecule has 5 heteroatoms. The molecule has 1 unspecified atom stereocenters. The van der Waals surface area contributed by atoms with Crippen molar-refractivity contribution in [2.75, 3.05) is 0 Å². The van der Waals surface area contributed by atoms with E-state index in [0.29, 0.717) is 18.1 Å². The maximum absolute atomic E-state index is 13.1. The van der Waals surface area contributed by atoms with Gasteiger partial charge in [0.15, 0.2) is 5.82 Å². The molecule has 0 aliphatic rings. The molecule has 0 aliphatic carbocycles. The number of benzene rings is 1. The fourth-order valence-electron chi connectivity index (χ4n) is 2.22. The van der Waals surface area contributed by atoms with Crippen LogP contribution in [0.1, 0.15) is 44.0 Å². The molecular weight excluding hydrogens is 259 g/mol. The first-order chi connectivity index (χ1) is 9.47. The molecule has 0 bridgehead atoms. The van der Waals surface area contributed by atoms with Crippen LogP contribution < -0.4 is 0 Å². The van der Waals surface area contributed by atoms with Gasteiger partial charge in [0, 0.05) is 6.42 Å². The summed E-state index contributed by atoms with van der Waals surface area (Å²) in [5, 5.41) is 3.87. The summed E-state index contributed by atoms with van der Waals surface area (Å²) < 4.78 is 18.3. The van der Waals surface area contributed by atoms with Crippen molar-refractivity contribution in [1.29, 1.82) is 0 Å². The second-order valence-corrected chi connectivity index (χ2v) is 5.19. The highest BCUT2D eigenvalue weighted by Gasteiger charge is 2.26. The Bertz CT molecular complexity index is 607. The van der Waals surface area contributed by atoms with Crippen LogP contribution in [0.5, 0.6) is 0 Å². The zero-order valence-electron chi connectivity index (χ0n) is 11.8. The smallest absolute Gasteiger partial charge is 0.237 e. The molecule has 0 aliphatic heterocycles. The van der Waals surface area contributed by atoms with Gasteiger partial charge in [0.25, 0.3) is 0 Å². The summed E-state index contributed by atoms with van der Waals surface area (Å²) in [7, 11) is 0. The Kier molecular flexibility index (Phi) is 4.27. The Balaban J connectivity index is 2.18. The largest absolute Gasteiger partial charge is 0.339 e. The summed E-state index contributed by atoms with van der Waals surface area (Å²) in [6.45, 7) is 5.38. The highest BCUT2D eigenvalue weighted by molar-refractivity contribution is 5.82. The van der Waals surface area contributed by atoms with Crippen molar-refractivity contribution in [3.8, 4) is 0 Å². The lowest BCUT2D eigenvalue weighted by molar-refractivity contribution is -0.119. The predicted molar refractivity (Wildman–Crippen MR) is 71.8 cm³/mol.